The number of hydrogen-bond donors (Lipinski definition) is 0. The average molecular weight is 340 g/mol. The van der Waals surface area contributed by atoms with Crippen LogP contribution in [0.2, 0.25) is 0 Å². The van der Waals surface area contributed by atoms with E-state index in [1.807, 2.05) is 25.1 Å². The summed E-state index contributed by atoms with van der Waals surface area (Å²) in [5.41, 5.74) is 4.62. The SMILES string of the molecule is CCc1ccnc(Cc2cc(S(C)(=O)=O)c3ncc(C)cc3c2)c1. The van der Waals surface area contributed by atoms with Gasteiger partial charge in [0.1, 0.15) is 0 Å². The van der Waals surface area contributed by atoms with E-state index in [9.17, 15) is 8.42 Å². The van der Waals surface area contributed by atoms with Crippen LogP contribution >= 0.6 is 0 Å². The highest BCUT2D eigenvalue weighted by molar-refractivity contribution is 7.91. The molecule has 0 atom stereocenters. The van der Waals surface area contributed by atoms with Crippen LogP contribution in [0, 0.1) is 6.92 Å². The van der Waals surface area contributed by atoms with Crippen molar-refractivity contribution in [3.8, 4) is 0 Å². The lowest BCUT2D eigenvalue weighted by atomic mass is 10.0. The normalized spacial score (nSPS) is 11.8. The highest BCUT2D eigenvalue weighted by Crippen LogP contribution is 2.25. The Kier molecular flexibility index (Phi) is 4.37. The van der Waals surface area contributed by atoms with Crippen LogP contribution in [-0.2, 0) is 22.7 Å². The maximum absolute atomic E-state index is 12.2. The predicted octanol–water partition coefficient (Wildman–Crippen LogP) is 3.49. The maximum Gasteiger partial charge on any atom is 0.177 e. The molecule has 0 aliphatic heterocycles. The molecule has 1 aromatic carbocycles. The molecule has 2 aromatic heterocycles. The van der Waals surface area contributed by atoms with E-state index in [2.05, 4.69) is 23.0 Å². The van der Waals surface area contributed by atoms with Gasteiger partial charge >= 0.3 is 0 Å². The zero-order valence-corrected chi connectivity index (χ0v) is 14.9. The van der Waals surface area contributed by atoms with Crippen LogP contribution < -0.4 is 0 Å². The van der Waals surface area contributed by atoms with Gasteiger partial charge in [0.05, 0.1) is 10.4 Å². The standard InChI is InChI=1S/C19H20N2O2S/c1-4-14-5-6-20-17(9-14)10-15-8-16-7-13(2)12-21-19(16)18(11-15)24(3,22)23/h5-9,11-12H,4,10H2,1-3H3. The first-order valence-corrected chi connectivity index (χ1v) is 9.79. The minimum Gasteiger partial charge on any atom is -0.261 e. The summed E-state index contributed by atoms with van der Waals surface area (Å²) < 4.78 is 24.4. The van der Waals surface area contributed by atoms with E-state index < -0.39 is 9.84 Å². The van der Waals surface area contributed by atoms with E-state index in [1.165, 1.54) is 11.8 Å². The van der Waals surface area contributed by atoms with Crippen LogP contribution in [0.5, 0.6) is 0 Å². The molecule has 0 fully saturated rings. The van der Waals surface area contributed by atoms with Crippen molar-refractivity contribution < 1.29 is 8.42 Å². The molecule has 2 heterocycles. The van der Waals surface area contributed by atoms with Crippen molar-refractivity contribution in [2.24, 2.45) is 0 Å². The third kappa shape index (κ3) is 3.46. The highest BCUT2D eigenvalue weighted by atomic mass is 32.2. The summed E-state index contributed by atoms with van der Waals surface area (Å²) in [7, 11) is -3.35. The van der Waals surface area contributed by atoms with Gasteiger partial charge in [0.15, 0.2) is 9.84 Å². The number of benzene rings is 1. The third-order valence-corrected chi connectivity index (χ3v) is 5.13. The quantitative estimate of drug-likeness (QED) is 0.729. The molecule has 3 rings (SSSR count). The Morgan fingerprint density at radius 1 is 1.04 bits per heavy atom. The number of fused-ring (bicyclic) bond motifs is 1. The predicted molar refractivity (Wildman–Crippen MR) is 96.0 cm³/mol. The Balaban J connectivity index is 2.14. The molecule has 0 amide bonds. The molecule has 0 saturated carbocycles. The van der Waals surface area contributed by atoms with E-state index in [-0.39, 0.29) is 4.90 Å². The smallest absolute Gasteiger partial charge is 0.177 e. The molecular weight excluding hydrogens is 320 g/mol. The Hall–Kier alpha value is -2.27. The molecular formula is C19H20N2O2S. The fourth-order valence-corrected chi connectivity index (χ4v) is 3.71. The van der Waals surface area contributed by atoms with E-state index >= 15 is 0 Å². The molecule has 0 saturated heterocycles. The zero-order chi connectivity index (χ0) is 17.3. The summed E-state index contributed by atoms with van der Waals surface area (Å²) in [4.78, 5) is 9.01. The van der Waals surface area contributed by atoms with Crippen molar-refractivity contribution in [1.82, 2.24) is 9.97 Å². The molecule has 3 aromatic rings. The van der Waals surface area contributed by atoms with Gasteiger partial charge in [0.2, 0.25) is 0 Å². The van der Waals surface area contributed by atoms with Crippen molar-refractivity contribution in [2.45, 2.75) is 31.6 Å². The molecule has 124 valence electrons. The monoisotopic (exact) mass is 340 g/mol. The fraction of sp³-hybridized carbons (Fsp3) is 0.263. The number of nitrogens with zero attached hydrogens (tertiary/aromatic N) is 2. The number of pyridine rings is 2. The minimum absolute atomic E-state index is 0.279. The van der Waals surface area contributed by atoms with E-state index in [0.717, 1.165) is 28.6 Å². The van der Waals surface area contributed by atoms with Gasteiger partial charge in [0, 0.05) is 36.2 Å². The molecule has 5 heteroatoms. The van der Waals surface area contributed by atoms with E-state index in [0.29, 0.717) is 11.9 Å². The van der Waals surface area contributed by atoms with Crippen LogP contribution in [0.1, 0.15) is 29.3 Å². The second-order valence-electron chi connectivity index (χ2n) is 6.14. The first-order chi connectivity index (χ1) is 11.4. The molecule has 0 N–H and O–H groups in total. The molecule has 4 nitrogen and oxygen atoms in total. The summed E-state index contributed by atoms with van der Waals surface area (Å²) in [6, 6.07) is 9.76. The largest absolute Gasteiger partial charge is 0.261 e. The third-order valence-electron chi connectivity index (χ3n) is 4.02. The van der Waals surface area contributed by atoms with Crippen molar-refractivity contribution in [3.63, 3.8) is 0 Å². The van der Waals surface area contributed by atoms with Gasteiger partial charge in [-0.05, 0) is 60.4 Å². The number of aryl methyl sites for hydroxylation is 2. The number of rotatable bonds is 4. The topological polar surface area (TPSA) is 59.9 Å². The Morgan fingerprint density at radius 3 is 2.54 bits per heavy atom. The van der Waals surface area contributed by atoms with E-state index in [4.69, 9.17) is 0 Å². The Morgan fingerprint density at radius 2 is 1.83 bits per heavy atom. The Labute approximate surface area is 142 Å². The highest BCUT2D eigenvalue weighted by Gasteiger charge is 2.15. The summed E-state index contributed by atoms with van der Waals surface area (Å²) in [5, 5.41) is 0.847. The van der Waals surface area contributed by atoms with Crippen LogP contribution in [0.3, 0.4) is 0 Å². The van der Waals surface area contributed by atoms with Crippen molar-refractivity contribution >= 4 is 20.7 Å². The summed E-state index contributed by atoms with van der Waals surface area (Å²) in [5.74, 6) is 0. The second-order valence-corrected chi connectivity index (χ2v) is 8.12. The second kappa shape index (κ2) is 6.32. The molecule has 0 spiro atoms. The van der Waals surface area contributed by atoms with E-state index in [1.54, 1.807) is 18.5 Å². The molecule has 0 bridgehead atoms. The molecule has 0 unspecified atom stereocenters. The van der Waals surface area contributed by atoms with Gasteiger partial charge in [-0.25, -0.2) is 8.42 Å². The fourth-order valence-electron chi connectivity index (χ4n) is 2.82. The maximum atomic E-state index is 12.2. The number of sulfone groups is 1. The summed E-state index contributed by atoms with van der Waals surface area (Å²) >= 11 is 0. The van der Waals surface area contributed by atoms with Gasteiger partial charge < -0.3 is 0 Å². The summed E-state index contributed by atoms with van der Waals surface area (Å²) in [6.07, 6.45) is 6.27. The minimum atomic E-state index is -3.35. The molecule has 24 heavy (non-hydrogen) atoms. The molecule has 0 radical (unpaired) electrons. The number of hydrogen-bond acceptors (Lipinski definition) is 4. The van der Waals surface area contributed by atoms with Gasteiger partial charge in [0.25, 0.3) is 0 Å². The van der Waals surface area contributed by atoms with Gasteiger partial charge in [-0.15, -0.1) is 0 Å². The molecule has 0 aliphatic carbocycles. The van der Waals surface area contributed by atoms with Gasteiger partial charge in [-0.2, -0.15) is 0 Å². The van der Waals surface area contributed by atoms with Crippen molar-refractivity contribution in [3.05, 3.63) is 65.1 Å². The van der Waals surface area contributed by atoms with Crippen LogP contribution in [-0.4, -0.2) is 24.6 Å². The van der Waals surface area contributed by atoms with Crippen LogP contribution in [0.25, 0.3) is 10.9 Å². The first-order valence-electron chi connectivity index (χ1n) is 7.90. The lowest BCUT2D eigenvalue weighted by Gasteiger charge is -2.09. The average Bonchev–Trinajstić information content (AvgIpc) is 2.53. The van der Waals surface area contributed by atoms with Gasteiger partial charge in [-0.3, -0.25) is 9.97 Å². The lowest BCUT2D eigenvalue weighted by molar-refractivity contribution is 0.602. The Bertz CT molecular complexity index is 1010. The molecule has 0 aliphatic rings. The lowest BCUT2D eigenvalue weighted by Crippen LogP contribution is -2.02. The zero-order valence-electron chi connectivity index (χ0n) is 14.1. The first kappa shape index (κ1) is 16.6. The summed E-state index contributed by atoms with van der Waals surface area (Å²) in [6.45, 7) is 4.05. The van der Waals surface area contributed by atoms with Crippen molar-refractivity contribution in [2.75, 3.05) is 6.26 Å². The van der Waals surface area contributed by atoms with Crippen LogP contribution in [0.4, 0.5) is 0 Å². The van der Waals surface area contributed by atoms with Crippen molar-refractivity contribution in [1.29, 1.82) is 0 Å². The van der Waals surface area contributed by atoms with Gasteiger partial charge in [-0.1, -0.05) is 6.92 Å². The van der Waals surface area contributed by atoms with Crippen LogP contribution in [0.15, 0.2) is 47.6 Å². The number of aromatic nitrogens is 2.